The van der Waals surface area contributed by atoms with Crippen LogP contribution in [0.2, 0.25) is 3.12 Å². The number of rotatable bonds is 8. The number of allylic oxidation sites excluding steroid dienone is 2. The molecule has 0 N–H and O–H groups in total. The van der Waals surface area contributed by atoms with Gasteiger partial charge >= 0.3 is 180 Å². The third-order valence-corrected chi connectivity index (χ3v) is 8.69. The molecule has 0 spiro atoms. The van der Waals surface area contributed by atoms with Crippen molar-refractivity contribution in [1.29, 1.82) is 0 Å². The third-order valence-electron chi connectivity index (χ3n) is 6.59. The van der Waals surface area contributed by atoms with Gasteiger partial charge in [0.1, 0.15) is 0 Å². The number of hydrogen-bond acceptors (Lipinski definition) is 0. The van der Waals surface area contributed by atoms with Crippen LogP contribution >= 0.6 is 0 Å². The Labute approximate surface area is 179 Å². The Morgan fingerprint density at radius 2 is 1.33 bits per heavy atom. The summed E-state index contributed by atoms with van der Waals surface area (Å²) >= 11 is 1.73. The molecule has 2 aliphatic carbocycles. The summed E-state index contributed by atoms with van der Waals surface area (Å²) in [6.07, 6.45) is 17.5. The van der Waals surface area contributed by atoms with Gasteiger partial charge in [-0.15, -0.1) is 0 Å². The minimum atomic E-state index is 0.555. The Balaban J connectivity index is 1.30. The van der Waals surface area contributed by atoms with Crippen LogP contribution in [0.5, 0.6) is 0 Å². The predicted molar refractivity (Wildman–Crippen MR) is 113 cm³/mol. The summed E-state index contributed by atoms with van der Waals surface area (Å²) in [6, 6.07) is 17.8. The van der Waals surface area contributed by atoms with Gasteiger partial charge in [0.25, 0.3) is 0 Å². The average molecular weight is 433 g/mol. The minimum absolute atomic E-state index is 0.555. The molecule has 0 nitrogen and oxygen atoms in total. The van der Waals surface area contributed by atoms with Gasteiger partial charge in [-0.25, -0.2) is 0 Å². The van der Waals surface area contributed by atoms with Gasteiger partial charge < -0.3 is 0 Å². The van der Waals surface area contributed by atoms with Gasteiger partial charge in [-0.1, -0.05) is 0 Å². The fourth-order valence-corrected chi connectivity index (χ4v) is 5.51. The molecule has 1 heteroatoms. The van der Waals surface area contributed by atoms with E-state index in [2.05, 4.69) is 79.8 Å². The monoisotopic (exact) mass is 431 g/mol. The molecule has 0 aliphatic heterocycles. The van der Waals surface area contributed by atoms with E-state index in [-0.39, 0.29) is 0 Å². The van der Waals surface area contributed by atoms with Crippen molar-refractivity contribution in [2.75, 3.05) is 0 Å². The Kier molecular flexibility index (Phi) is 5.98. The molecule has 0 heterocycles. The predicted octanol–water partition coefficient (Wildman–Crippen LogP) is 7.67. The molecule has 0 radical (unpaired) electrons. The zero-order valence-electron chi connectivity index (χ0n) is 16.3. The van der Waals surface area contributed by atoms with Gasteiger partial charge in [0.15, 0.2) is 0 Å². The Hall–Kier alpha value is -1.20. The fraction of sp³-hybridized carbons (Fsp3) is 0.385. The van der Waals surface area contributed by atoms with Crippen molar-refractivity contribution in [3.05, 3.63) is 82.9 Å². The Morgan fingerprint density at radius 3 is 1.93 bits per heavy atom. The van der Waals surface area contributed by atoms with Crippen molar-refractivity contribution < 1.29 is 24.7 Å². The maximum absolute atomic E-state index is 2.43. The zero-order chi connectivity index (χ0) is 18.7. The van der Waals surface area contributed by atoms with Gasteiger partial charge in [0, 0.05) is 0 Å². The molecule has 0 aromatic heterocycles. The van der Waals surface area contributed by atoms with Gasteiger partial charge in [0.2, 0.25) is 0 Å². The number of benzene rings is 2. The molecule has 0 bridgehead atoms. The van der Waals surface area contributed by atoms with Gasteiger partial charge in [-0.2, -0.15) is 0 Å². The molecular weight excluding hydrogens is 404 g/mol. The molecule has 0 fully saturated rings. The van der Waals surface area contributed by atoms with E-state index in [0.717, 1.165) is 0 Å². The van der Waals surface area contributed by atoms with Crippen LogP contribution in [0.4, 0.5) is 0 Å². The zero-order valence-corrected chi connectivity index (χ0v) is 18.8. The normalized spacial score (nSPS) is 21.8. The van der Waals surface area contributed by atoms with Crippen molar-refractivity contribution in [2.45, 2.75) is 60.4 Å². The molecule has 27 heavy (non-hydrogen) atoms. The van der Waals surface area contributed by atoms with E-state index in [1.54, 1.807) is 30.3 Å². The topological polar surface area (TPSA) is 0 Å². The van der Waals surface area contributed by atoms with Gasteiger partial charge in [-0.05, 0) is 0 Å². The molecule has 2 aromatic rings. The second-order valence-corrected chi connectivity index (χ2v) is 10.9. The van der Waals surface area contributed by atoms with Crippen LogP contribution in [0.15, 0.2) is 60.7 Å². The third kappa shape index (κ3) is 4.29. The Morgan fingerprint density at radius 1 is 0.778 bits per heavy atom. The molecule has 137 valence electrons. The van der Waals surface area contributed by atoms with E-state index in [1.165, 1.54) is 55.2 Å². The first-order valence-electron chi connectivity index (χ1n) is 10.5. The molecule has 4 rings (SSSR count). The van der Waals surface area contributed by atoms with E-state index >= 15 is 0 Å². The van der Waals surface area contributed by atoms with Crippen molar-refractivity contribution in [1.82, 2.24) is 0 Å². The summed E-state index contributed by atoms with van der Waals surface area (Å²) < 4.78 is 0.555. The van der Waals surface area contributed by atoms with Crippen LogP contribution in [0, 0.1) is 0 Å². The van der Waals surface area contributed by atoms with Crippen LogP contribution in [0.3, 0.4) is 0 Å². The molecule has 0 saturated heterocycles. The van der Waals surface area contributed by atoms with Crippen LogP contribution in [-0.4, -0.2) is 0 Å². The van der Waals surface area contributed by atoms with E-state index in [9.17, 15) is 0 Å². The van der Waals surface area contributed by atoms with Crippen LogP contribution in [0.1, 0.15) is 79.5 Å². The van der Waals surface area contributed by atoms with Crippen LogP contribution in [0.25, 0.3) is 12.2 Å². The molecule has 2 aliphatic rings. The quantitative estimate of drug-likeness (QED) is 0.401. The van der Waals surface area contributed by atoms with Crippen LogP contribution < -0.4 is 0 Å². The van der Waals surface area contributed by atoms with Crippen molar-refractivity contribution >= 4 is 12.2 Å². The number of hydrogen-bond donors (Lipinski definition) is 0. The summed E-state index contributed by atoms with van der Waals surface area (Å²) in [5.41, 5.74) is 5.94. The van der Waals surface area contributed by atoms with E-state index in [0.29, 0.717) is 15.0 Å². The molecule has 0 amide bonds. The standard InChI is InChI=1S/C26H29.Zr/c1-2-20(14-15-24-19-18-22-10-4-6-13-26(22)24)8-7-11-23-17-16-21-9-3-5-12-25(21)23;/h3-6,9-10,12-13,16-19,23-24H,2,7-8,11,14-15H2,1H3;. The maximum atomic E-state index is 2.43. The summed E-state index contributed by atoms with van der Waals surface area (Å²) in [5, 5.41) is 0. The van der Waals surface area contributed by atoms with Gasteiger partial charge in [-0.3, -0.25) is 0 Å². The molecule has 0 saturated carbocycles. The second kappa shape index (κ2) is 8.44. The number of fused-ring (bicyclic) bond motifs is 2. The van der Waals surface area contributed by atoms with Crippen molar-refractivity contribution in [2.24, 2.45) is 0 Å². The Bertz CT molecular complexity index is 847. The summed E-state index contributed by atoms with van der Waals surface area (Å²) in [7, 11) is 0. The fourth-order valence-electron chi connectivity index (χ4n) is 4.72. The molecular formula is C26H29Zr. The second-order valence-electron chi connectivity index (χ2n) is 8.25. The SMILES string of the molecule is CC[C]([Zr])(CCCC1C=Cc2ccccc21)CCC1C=Cc2ccccc21. The van der Waals surface area contributed by atoms with E-state index in [4.69, 9.17) is 0 Å². The summed E-state index contributed by atoms with van der Waals surface area (Å²) in [6.45, 7) is 2.40. The van der Waals surface area contributed by atoms with E-state index < -0.39 is 0 Å². The first-order chi connectivity index (χ1) is 13.2. The average Bonchev–Trinajstić information content (AvgIpc) is 3.31. The van der Waals surface area contributed by atoms with Crippen molar-refractivity contribution in [3.63, 3.8) is 0 Å². The summed E-state index contributed by atoms with van der Waals surface area (Å²) in [4.78, 5) is 0. The molecule has 3 atom stereocenters. The molecule has 2 aromatic carbocycles. The first kappa shape index (κ1) is 19.1. The van der Waals surface area contributed by atoms with E-state index in [1.807, 2.05) is 0 Å². The van der Waals surface area contributed by atoms with Crippen LogP contribution in [-0.2, 0) is 24.7 Å². The summed E-state index contributed by atoms with van der Waals surface area (Å²) in [5.74, 6) is 1.28. The van der Waals surface area contributed by atoms with Crippen molar-refractivity contribution in [3.8, 4) is 0 Å². The van der Waals surface area contributed by atoms with Gasteiger partial charge in [0.05, 0.1) is 0 Å². The first-order valence-corrected chi connectivity index (χ1v) is 11.7. The molecule has 3 unspecified atom stereocenters.